The average Bonchev–Trinajstić information content (AvgIpc) is 2.93. The van der Waals surface area contributed by atoms with Crippen molar-refractivity contribution in [2.45, 2.75) is 26.5 Å². The zero-order valence-corrected chi connectivity index (χ0v) is 23.9. The molecule has 0 radical (unpaired) electrons. The van der Waals surface area contributed by atoms with Crippen molar-refractivity contribution in [3.05, 3.63) is 91.9 Å². The first-order chi connectivity index (χ1) is 19.2. The van der Waals surface area contributed by atoms with Crippen LogP contribution >= 0.6 is 34.8 Å². The van der Waals surface area contributed by atoms with Gasteiger partial charge >= 0.3 is 6.03 Å². The first kappa shape index (κ1) is 29.3. The van der Waals surface area contributed by atoms with Crippen molar-refractivity contribution in [1.82, 2.24) is 10.2 Å². The number of rotatable bonds is 10. The summed E-state index contributed by atoms with van der Waals surface area (Å²) in [4.78, 5) is 39.4. The van der Waals surface area contributed by atoms with Gasteiger partial charge in [-0.25, -0.2) is 4.79 Å². The standard InChI is InChI=1S/C29H25Cl3N2O6/c1-3-10-39-24-9-6-18(14-25(24)38-2)15-34-28(36)21(27(35)33-29(34)37)11-19-12-22(31)26(23(32)13-19)40-16-17-4-7-20(30)8-5-17/h4-9,11-14H,3,10,15-16H2,1-2H3,(H,33,35,37)/b21-11+. The Morgan fingerprint density at radius 3 is 2.20 bits per heavy atom. The van der Waals surface area contributed by atoms with Gasteiger partial charge in [0, 0.05) is 5.02 Å². The number of hydrogen-bond donors (Lipinski definition) is 1. The third kappa shape index (κ3) is 6.88. The average molecular weight is 604 g/mol. The summed E-state index contributed by atoms with van der Waals surface area (Å²) in [5.41, 5.74) is 1.58. The highest BCUT2D eigenvalue weighted by Crippen LogP contribution is 2.36. The SMILES string of the molecule is CCCOc1ccc(CN2C(=O)NC(=O)/C(=C\c3cc(Cl)c(OCc4ccc(Cl)cc4)c(Cl)c3)C2=O)cc1OC. The van der Waals surface area contributed by atoms with Crippen molar-refractivity contribution in [2.75, 3.05) is 13.7 Å². The van der Waals surface area contributed by atoms with Gasteiger partial charge in [-0.15, -0.1) is 0 Å². The molecule has 0 saturated carbocycles. The molecule has 0 bridgehead atoms. The molecule has 11 heteroatoms. The summed E-state index contributed by atoms with van der Waals surface area (Å²) >= 11 is 18.7. The Morgan fingerprint density at radius 2 is 1.55 bits per heavy atom. The van der Waals surface area contributed by atoms with Crippen LogP contribution in [-0.4, -0.2) is 36.5 Å². The normalized spacial score (nSPS) is 14.4. The minimum atomic E-state index is -0.834. The van der Waals surface area contributed by atoms with Crippen LogP contribution in [-0.2, 0) is 22.7 Å². The first-order valence-corrected chi connectivity index (χ1v) is 13.4. The molecule has 1 aliphatic rings. The Labute approximate surface area is 246 Å². The Hall–Kier alpha value is -3.72. The van der Waals surface area contributed by atoms with Crippen molar-refractivity contribution >= 4 is 58.7 Å². The van der Waals surface area contributed by atoms with Gasteiger partial charge in [-0.2, -0.15) is 0 Å². The monoisotopic (exact) mass is 602 g/mol. The number of halogens is 3. The highest BCUT2D eigenvalue weighted by atomic mass is 35.5. The van der Waals surface area contributed by atoms with Crippen molar-refractivity contribution < 1.29 is 28.6 Å². The number of hydrogen-bond acceptors (Lipinski definition) is 6. The predicted molar refractivity (Wildman–Crippen MR) is 153 cm³/mol. The maximum atomic E-state index is 13.3. The van der Waals surface area contributed by atoms with Crippen molar-refractivity contribution in [3.8, 4) is 17.2 Å². The lowest BCUT2D eigenvalue weighted by molar-refractivity contribution is -0.130. The van der Waals surface area contributed by atoms with Gasteiger partial charge in [0.15, 0.2) is 17.2 Å². The molecular formula is C29H25Cl3N2O6. The van der Waals surface area contributed by atoms with Crippen molar-refractivity contribution in [2.24, 2.45) is 0 Å². The number of imide groups is 2. The minimum absolute atomic E-state index is 0.0985. The van der Waals surface area contributed by atoms with E-state index in [1.54, 1.807) is 30.3 Å². The molecule has 8 nitrogen and oxygen atoms in total. The van der Waals surface area contributed by atoms with E-state index in [-0.39, 0.29) is 34.5 Å². The van der Waals surface area contributed by atoms with Gasteiger partial charge in [0.05, 0.1) is 30.3 Å². The predicted octanol–water partition coefficient (Wildman–Crippen LogP) is 6.69. The maximum Gasteiger partial charge on any atom is 0.331 e. The number of carbonyl (C=O) groups excluding carboxylic acids is 3. The summed E-state index contributed by atoms with van der Waals surface area (Å²) in [7, 11) is 1.50. The lowest BCUT2D eigenvalue weighted by atomic mass is 10.1. The number of nitrogens with one attached hydrogen (secondary N) is 1. The van der Waals surface area contributed by atoms with Crippen LogP contribution in [0.4, 0.5) is 4.79 Å². The molecule has 0 unspecified atom stereocenters. The molecule has 40 heavy (non-hydrogen) atoms. The molecule has 0 aromatic heterocycles. The van der Waals surface area contributed by atoms with Crippen molar-refractivity contribution in [3.63, 3.8) is 0 Å². The quantitative estimate of drug-likeness (QED) is 0.205. The number of urea groups is 1. The largest absolute Gasteiger partial charge is 0.493 e. The smallest absolute Gasteiger partial charge is 0.331 e. The number of nitrogens with zero attached hydrogens (tertiary/aromatic N) is 1. The highest BCUT2D eigenvalue weighted by molar-refractivity contribution is 6.37. The Morgan fingerprint density at radius 1 is 0.875 bits per heavy atom. The fraction of sp³-hybridized carbons (Fsp3) is 0.207. The second-order valence-corrected chi connectivity index (χ2v) is 10.0. The van der Waals surface area contributed by atoms with Gasteiger partial charge in [-0.05, 0) is 65.6 Å². The van der Waals surface area contributed by atoms with Crippen LogP contribution in [0.25, 0.3) is 6.08 Å². The number of carbonyl (C=O) groups is 3. The summed E-state index contributed by atoms with van der Waals surface area (Å²) in [6, 6.07) is 14.4. The third-order valence-electron chi connectivity index (χ3n) is 5.84. The molecule has 4 amide bonds. The van der Waals surface area contributed by atoms with E-state index in [0.717, 1.165) is 16.9 Å². The zero-order chi connectivity index (χ0) is 28.8. The summed E-state index contributed by atoms with van der Waals surface area (Å²) in [6.45, 7) is 2.60. The molecule has 1 heterocycles. The fourth-order valence-corrected chi connectivity index (χ4v) is 4.60. The van der Waals surface area contributed by atoms with E-state index < -0.39 is 17.8 Å². The molecule has 3 aromatic rings. The molecule has 1 aliphatic heterocycles. The number of ether oxygens (including phenoxy) is 3. The lowest BCUT2D eigenvalue weighted by Crippen LogP contribution is -2.53. The molecule has 1 fully saturated rings. The summed E-state index contributed by atoms with van der Waals surface area (Å²) in [6.07, 6.45) is 2.15. The molecule has 0 aliphatic carbocycles. The second kappa shape index (κ2) is 13.1. The van der Waals surface area contributed by atoms with E-state index in [2.05, 4.69) is 5.32 Å². The van der Waals surface area contributed by atoms with Crippen LogP contribution in [0.15, 0.2) is 60.2 Å². The van der Waals surface area contributed by atoms with Crippen LogP contribution in [0.2, 0.25) is 15.1 Å². The lowest BCUT2D eigenvalue weighted by Gasteiger charge is -2.26. The molecule has 0 atom stereocenters. The topological polar surface area (TPSA) is 94.2 Å². The zero-order valence-electron chi connectivity index (χ0n) is 21.6. The van der Waals surface area contributed by atoms with E-state index in [1.807, 2.05) is 19.1 Å². The highest BCUT2D eigenvalue weighted by Gasteiger charge is 2.36. The van der Waals surface area contributed by atoms with Crippen LogP contribution < -0.4 is 19.5 Å². The summed E-state index contributed by atoms with van der Waals surface area (Å²) < 4.78 is 16.8. The second-order valence-electron chi connectivity index (χ2n) is 8.77. The van der Waals surface area contributed by atoms with E-state index in [0.29, 0.717) is 34.3 Å². The fourth-order valence-electron chi connectivity index (χ4n) is 3.87. The molecule has 4 rings (SSSR count). The molecule has 3 aromatic carbocycles. The van der Waals surface area contributed by atoms with Gasteiger partial charge in [0.25, 0.3) is 11.8 Å². The maximum absolute atomic E-state index is 13.3. The van der Waals surface area contributed by atoms with Gasteiger partial charge in [0.2, 0.25) is 0 Å². The number of benzene rings is 3. The summed E-state index contributed by atoms with van der Waals surface area (Å²) in [5, 5.41) is 3.17. The summed E-state index contributed by atoms with van der Waals surface area (Å²) in [5.74, 6) is -0.341. The first-order valence-electron chi connectivity index (χ1n) is 12.2. The van der Waals surface area contributed by atoms with Crippen LogP contribution in [0, 0.1) is 0 Å². The van der Waals surface area contributed by atoms with Crippen LogP contribution in [0.1, 0.15) is 30.0 Å². The van der Waals surface area contributed by atoms with E-state index in [9.17, 15) is 14.4 Å². The van der Waals surface area contributed by atoms with E-state index in [4.69, 9.17) is 49.0 Å². The van der Waals surface area contributed by atoms with Gasteiger partial charge in [0.1, 0.15) is 12.2 Å². The Kier molecular flexibility index (Phi) is 9.58. The van der Waals surface area contributed by atoms with Gasteiger partial charge < -0.3 is 14.2 Å². The molecule has 1 saturated heterocycles. The molecule has 1 N–H and O–H groups in total. The Bertz CT molecular complexity index is 1450. The minimum Gasteiger partial charge on any atom is -0.493 e. The third-order valence-corrected chi connectivity index (χ3v) is 6.66. The number of methoxy groups -OCH3 is 1. The number of barbiturate groups is 1. The van der Waals surface area contributed by atoms with Crippen LogP contribution in [0.5, 0.6) is 17.2 Å². The molecular weight excluding hydrogens is 579 g/mol. The van der Waals surface area contributed by atoms with E-state index >= 15 is 0 Å². The van der Waals surface area contributed by atoms with Gasteiger partial charge in [-0.3, -0.25) is 19.8 Å². The molecule has 0 spiro atoms. The number of amides is 4. The van der Waals surface area contributed by atoms with Gasteiger partial charge in [-0.1, -0.05) is 59.9 Å². The Balaban J connectivity index is 1.53. The van der Waals surface area contributed by atoms with E-state index in [1.165, 1.54) is 25.3 Å². The molecule has 208 valence electrons. The van der Waals surface area contributed by atoms with Crippen molar-refractivity contribution in [1.29, 1.82) is 0 Å². The van der Waals surface area contributed by atoms with Crippen LogP contribution in [0.3, 0.4) is 0 Å².